The van der Waals surface area contributed by atoms with E-state index in [-0.39, 0.29) is 11.8 Å². The van der Waals surface area contributed by atoms with E-state index in [2.05, 4.69) is 25.7 Å². The Labute approximate surface area is 180 Å². The number of nitrogens with one attached hydrogen (secondary N) is 1. The monoisotopic (exact) mass is 415 g/mol. The number of aromatic nitrogens is 3. The van der Waals surface area contributed by atoms with Gasteiger partial charge in [-0.1, -0.05) is 12.1 Å². The first-order valence-corrected chi connectivity index (χ1v) is 10.6. The Balaban J connectivity index is 1.33. The van der Waals surface area contributed by atoms with Gasteiger partial charge in [-0.2, -0.15) is 0 Å². The topological polar surface area (TPSA) is 71.8 Å². The van der Waals surface area contributed by atoms with E-state index in [9.17, 15) is 4.79 Å². The van der Waals surface area contributed by atoms with Crippen LogP contribution in [0.4, 0.5) is 5.82 Å². The van der Waals surface area contributed by atoms with Gasteiger partial charge in [0.05, 0.1) is 24.1 Å². The minimum atomic E-state index is -0.0664. The van der Waals surface area contributed by atoms with Crippen LogP contribution in [0.3, 0.4) is 0 Å². The number of methoxy groups -OCH3 is 1. The average molecular weight is 415 g/mol. The molecule has 158 valence electrons. The molecule has 3 aromatic heterocycles. The normalized spacial score (nSPS) is 16.5. The Morgan fingerprint density at radius 3 is 2.84 bits per heavy atom. The van der Waals surface area contributed by atoms with Crippen LogP contribution >= 0.6 is 0 Å². The Morgan fingerprint density at radius 1 is 1.16 bits per heavy atom. The summed E-state index contributed by atoms with van der Waals surface area (Å²) in [5.74, 6) is 1.73. The van der Waals surface area contributed by atoms with Gasteiger partial charge in [-0.25, -0.2) is 9.97 Å². The molecule has 7 heteroatoms. The Bertz CT molecular complexity index is 1220. The molecule has 31 heavy (non-hydrogen) atoms. The van der Waals surface area contributed by atoms with E-state index in [0.29, 0.717) is 18.7 Å². The molecule has 1 N–H and O–H groups in total. The van der Waals surface area contributed by atoms with Gasteiger partial charge >= 0.3 is 0 Å². The Kier molecular flexibility index (Phi) is 5.16. The number of hydrogen-bond acceptors (Lipinski definition) is 5. The first-order valence-electron chi connectivity index (χ1n) is 10.6. The van der Waals surface area contributed by atoms with Crippen LogP contribution in [0.1, 0.15) is 18.4 Å². The van der Waals surface area contributed by atoms with Gasteiger partial charge in [0.1, 0.15) is 5.75 Å². The number of nitrogens with zero attached hydrogens (tertiary/aromatic N) is 4. The average Bonchev–Trinajstić information content (AvgIpc) is 3.33. The predicted molar refractivity (Wildman–Crippen MR) is 120 cm³/mol. The van der Waals surface area contributed by atoms with Gasteiger partial charge in [-0.05, 0) is 54.8 Å². The van der Waals surface area contributed by atoms with E-state index in [1.807, 2.05) is 48.7 Å². The van der Waals surface area contributed by atoms with Crippen LogP contribution in [0.25, 0.3) is 16.7 Å². The lowest BCUT2D eigenvalue weighted by Crippen LogP contribution is -2.43. The third kappa shape index (κ3) is 3.79. The van der Waals surface area contributed by atoms with Crippen LogP contribution in [0.2, 0.25) is 0 Å². The lowest BCUT2D eigenvalue weighted by Gasteiger charge is -2.33. The van der Waals surface area contributed by atoms with Gasteiger partial charge in [0.2, 0.25) is 5.91 Å². The van der Waals surface area contributed by atoms with Crippen molar-refractivity contribution in [3.8, 4) is 5.75 Å². The van der Waals surface area contributed by atoms with Crippen LogP contribution in [0, 0.1) is 5.92 Å². The number of carbonyl (C=O) groups excluding carboxylic acids is 1. The van der Waals surface area contributed by atoms with Crippen LogP contribution in [-0.2, 0) is 11.3 Å². The second-order valence-electron chi connectivity index (χ2n) is 7.90. The zero-order chi connectivity index (χ0) is 21.2. The third-order valence-corrected chi connectivity index (χ3v) is 5.93. The first kappa shape index (κ1) is 19.4. The van der Waals surface area contributed by atoms with Crippen LogP contribution in [0.5, 0.6) is 5.75 Å². The molecule has 1 atom stereocenters. The highest BCUT2D eigenvalue weighted by Crippen LogP contribution is 2.28. The predicted octanol–water partition coefficient (Wildman–Crippen LogP) is 3.42. The number of benzene rings is 1. The molecule has 0 aliphatic carbocycles. The molecule has 0 bridgehead atoms. The van der Waals surface area contributed by atoms with Crippen LogP contribution in [0.15, 0.2) is 60.9 Å². The minimum absolute atomic E-state index is 0.0664. The number of rotatable bonds is 5. The standard InChI is InChI=1S/C24H25N5O2/c1-31-19-10-8-17(9-11-19)15-26-24(30)18-5-3-13-28(16-18)23-21-7-4-14-29(21)20-6-2-12-25-22(20)27-23/h2,4,6-12,14,18H,3,5,13,15-16H2,1H3,(H,26,30)/t18-/m1/s1. The number of pyridine rings is 1. The summed E-state index contributed by atoms with van der Waals surface area (Å²) in [6, 6.07) is 15.8. The fourth-order valence-corrected chi connectivity index (χ4v) is 4.29. The number of piperidine rings is 1. The number of anilines is 1. The highest BCUT2D eigenvalue weighted by atomic mass is 16.5. The maximum Gasteiger partial charge on any atom is 0.225 e. The molecule has 0 radical (unpaired) electrons. The van der Waals surface area contributed by atoms with Gasteiger partial charge in [-0.3, -0.25) is 4.79 Å². The number of amides is 1. The van der Waals surface area contributed by atoms with Crippen molar-refractivity contribution in [2.75, 3.05) is 25.1 Å². The van der Waals surface area contributed by atoms with Crippen molar-refractivity contribution in [1.29, 1.82) is 0 Å². The molecule has 5 rings (SSSR count). The SMILES string of the molecule is COc1ccc(CNC(=O)[C@@H]2CCCN(c3nc4ncccc4n4cccc34)C2)cc1. The molecule has 4 heterocycles. The van der Waals surface area contributed by atoms with E-state index >= 15 is 0 Å². The summed E-state index contributed by atoms with van der Waals surface area (Å²) in [5, 5.41) is 3.10. The lowest BCUT2D eigenvalue weighted by atomic mass is 9.97. The Morgan fingerprint density at radius 2 is 2.00 bits per heavy atom. The van der Waals surface area contributed by atoms with Crippen molar-refractivity contribution in [1.82, 2.24) is 19.7 Å². The molecule has 1 fully saturated rings. The molecular weight excluding hydrogens is 390 g/mol. The summed E-state index contributed by atoms with van der Waals surface area (Å²) >= 11 is 0. The van der Waals surface area contributed by atoms with E-state index in [0.717, 1.165) is 47.6 Å². The summed E-state index contributed by atoms with van der Waals surface area (Å²) in [6.45, 7) is 2.05. The summed E-state index contributed by atoms with van der Waals surface area (Å²) in [6.07, 6.45) is 5.64. The molecular formula is C24H25N5O2. The summed E-state index contributed by atoms with van der Waals surface area (Å²) in [5.41, 5.74) is 3.79. The number of carbonyl (C=O) groups is 1. The first-order chi connectivity index (χ1) is 15.2. The molecule has 7 nitrogen and oxygen atoms in total. The highest BCUT2D eigenvalue weighted by Gasteiger charge is 2.28. The van der Waals surface area contributed by atoms with Gasteiger partial charge < -0.3 is 19.4 Å². The van der Waals surface area contributed by atoms with Crippen molar-refractivity contribution in [3.05, 3.63) is 66.5 Å². The molecule has 0 unspecified atom stereocenters. The molecule has 1 aliphatic rings. The zero-order valence-corrected chi connectivity index (χ0v) is 17.5. The maximum atomic E-state index is 12.9. The van der Waals surface area contributed by atoms with Crippen LogP contribution < -0.4 is 15.0 Å². The fourth-order valence-electron chi connectivity index (χ4n) is 4.29. The van der Waals surface area contributed by atoms with E-state index in [1.165, 1.54) is 0 Å². The van der Waals surface area contributed by atoms with Gasteiger partial charge in [-0.15, -0.1) is 0 Å². The smallest absolute Gasteiger partial charge is 0.225 e. The molecule has 0 saturated carbocycles. The van der Waals surface area contributed by atoms with Crippen LogP contribution in [-0.4, -0.2) is 40.5 Å². The molecule has 1 aromatic carbocycles. The van der Waals surface area contributed by atoms with Crippen molar-refractivity contribution < 1.29 is 9.53 Å². The van der Waals surface area contributed by atoms with Crippen molar-refractivity contribution in [2.24, 2.45) is 5.92 Å². The lowest BCUT2D eigenvalue weighted by molar-refractivity contribution is -0.125. The molecule has 1 aliphatic heterocycles. The van der Waals surface area contributed by atoms with Gasteiger partial charge in [0.15, 0.2) is 11.5 Å². The maximum absolute atomic E-state index is 12.9. The number of ether oxygens (including phenoxy) is 1. The number of fused-ring (bicyclic) bond motifs is 3. The van der Waals surface area contributed by atoms with Crippen molar-refractivity contribution in [3.63, 3.8) is 0 Å². The summed E-state index contributed by atoms with van der Waals surface area (Å²) < 4.78 is 7.31. The summed E-state index contributed by atoms with van der Waals surface area (Å²) in [4.78, 5) is 24.4. The highest BCUT2D eigenvalue weighted by molar-refractivity contribution is 5.84. The largest absolute Gasteiger partial charge is 0.497 e. The minimum Gasteiger partial charge on any atom is -0.497 e. The second kappa shape index (κ2) is 8.26. The van der Waals surface area contributed by atoms with E-state index < -0.39 is 0 Å². The quantitative estimate of drug-likeness (QED) is 0.541. The van der Waals surface area contributed by atoms with Gasteiger partial charge in [0, 0.05) is 32.0 Å². The number of hydrogen-bond donors (Lipinski definition) is 1. The Hall–Kier alpha value is -3.61. The molecule has 0 spiro atoms. The van der Waals surface area contributed by atoms with Crippen molar-refractivity contribution in [2.45, 2.75) is 19.4 Å². The van der Waals surface area contributed by atoms with Crippen molar-refractivity contribution >= 4 is 28.4 Å². The molecule has 1 amide bonds. The third-order valence-electron chi connectivity index (χ3n) is 5.93. The second-order valence-corrected chi connectivity index (χ2v) is 7.90. The van der Waals surface area contributed by atoms with E-state index in [1.54, 1.807) is 13.3 Å². The van der Waals surface area contributed by atoms with E-state index in [4.69, 9.17) is 9.72 Å². The fraction of sp³-hybridized carbons (Fsp3) is 0.292. The summed E-state index contributed by atoms with van der Waals surface area (Å²) in [7, 11) is 1.65. The zero-order valence-electron chi connectivity index (χ0n) is 17.5. The van der Waals surface area contributed by atoms with Gasteiger partial charge in [0.25, 0.3) is 0 Å². The molecule has 4 aromatic rings. The molecule has 1 saturated heterocycles.